The highest BCUT2D eigenvalue weighted by molar-refractivity contribution is 5.91. The molecule has 1 aliphatic heterocycles. The quantitative estimate of drug-likeness (QED) is 0.347. The van der Waals surface area contributed by atoms with Crippen LogP contribution in [0.1, 0.15) is 24.8 Å². The number of hydrogen-bond donors (Lipinski definition) is 1. The van der Waals surface area contributed by atoms with Gasteiger partial charge in [-0.15, -0.1) is 0 Å². The zero-order valence-corrected chi connectivity index (χ0v) is 19.3. The Labute approximate surface area is 199 Å². The molecule has 1 saturated heterocycles. The average Bonchev–Trinajstić information content (AvgIpc) is 2.89. The number of carbonyl (C=O) groups excluding carboxylic acids is 1. The molecule has 1 fully saturated rings. The van der Waals surface area contributed by atoms with Crippen LogP contribution < -0.4 is 15.0 Å². The van der Waals surface area contributed by atoms with Gasteiger partial charge in [-0.25, -0.2) is 14.8 Å². The molecule has 0 aliphatic carbocycles. The van der Waals surface area contributed by atoms with E-state index in [1.54, 1.807) is 31.5 Å². The molecule has 0 amide bonds. The zero-order chi connectivity index (χ0) is 23.9. The standard InChI is InChI=1S/C27H27N5O2/c1-4-22(33)15-19-11-12-24(28-2)23(16-19)26-25(34-3)18-29-27(31-26)30-20-9-8-10-21(17-20)32-13-6-5-7-14-32/h4,8-12,16-18H,1,5-7,13-15H2,3H3,(H,29,30,31). The third-order valence-electron chi connectivity index (χ3n) is 5.84. The SMILES string of the molecule is [C-]#[N+]c1ccc(CC(=O)C=C)cc1-c1nc(Nc2cccc(N3CCCCC3)c2)ncc1OC. The fourth-order valence-electron chi connectivity index (χ4n) is 4.09. The van der Waals surface area contributed by atoms with Crippen molar-refractivity contribution in [1.82, 2.24) is 9.97 Å². The van der Waals surface area contributed by atoms with Crippen LogP contribution in [-0.2, 0) is 11.2 Å². The van der Waals surface area contributed by atoms with Crippen molar-refractivity contribution in [3.05, 3.63) is 78.3 Å². The van der Waals surface area contributed by atoms with Crippen LogP contribution >= 0.6 is 0 Å². The lowest BCUT2D eigenvalue weighted by Gasteiger charge is -2.29. The summed E-state index contributed by atoms with van der Waals surface area (Å²) < 4.78 is 5.50. The fourth-order valence-corrected chi connectivity index (χ4v) is 4.09. The van der Waals surface area contributed by atoms with Crippen LogP contribution in [0.15, 0.2) is 61.3 Å². The first kappa shape index (κ1) is 23.0. The van der Waals surface area contributed by atoms with Crippen LogP contribution in [0.5, 0.6) is 5.75 Å². The maximum absolute atomic E-state index is 11.9. The lowest BCUT2D eigenvalue weighted by molar-refractivity contribution is -0.114. The number of carbonyl (C=O) groups is 1. The number of anilines is 3. The Kier molecular flexibility index (Phi) is 7.19. The van der Waals surface area contributed by atoms with E-state index in [1.165, 1.54) is 31.0 Å². The first-order valence-corrected chi connectivity index (χ1v) is 11.3. The third-order valence-corrected chi connectivity index (χ3v) is 5.84. The number of ether oxygens (including phenoxy) is 1. The summed E-state index contributed by atoms with van der Waals surface area (Å²) in [6, 6.07) is 13.5. The number of nitrogens with zero attached hydrogens (tertiary/aromatic N) is 4. The Morgan fingerprint density at radius 3 is 2.79 bits per heavy atom. The summed E-state index contributed by atoms with van der Waals surface area (Å²) in [6.45, 7) is 13.3. The monoisotopic (exact) mass is 453 g/mol. The van der Waals surface area contributed by atoms with Crippen LogP contribution in [0, 0.1) is 6.57 Å². The molecule has 7 heteroatoms. The van der Waals surface area contributed by atoms with E-state index in [0.29, 0.717) is 28.6 Å². The van der Waals surface area contributed by atoms with E-state index in [4.69, 9.17) is 16.3 Å². The number of piperidine rings is 1. The van der Waals surface area contributed by atoms with E-state index >= 15 is 0 Å². The number of rotatable bonds is 8. The highest BCUT2D eigenvalue weighted by atomic mass is 16.5. The van der Waals surface area contributed by atoms with Crippen LogP contribution in [0.25, 0.3) is 16.1 Å². The number of benzene rings is 2. The Morgan fingerprint density at radius 2 is 2.06 bits per heavy atom. The summed E-state index contributed by atoms with van der Waals surface area (Å²) in [5, 5.41) is 3.29. The molecule has 0 saturated carbocycles. The van der Waals surface area contributed by atoms with Gasteiger partial charge in [0.05, 0.1) is 19.9 Å². The maximum atomic E-state index is 11.9. The molecular weight excluding hydrogens is 426 g/mol. The van der Waals surface area contributed by atoms with Gasteiger partial charge in [0.15, 0.2) is 17.2 Å². The number of allylic oxidation sites excluding steroid dienone is 1. The van der Waals surface area contributed by atoms with Gasteiger partial charge in [0.25, 0.3) is 0 Å². The molecule has 4 rings (SSSR count). The summed E-state index contributed by atoms with van der Waals surface area (Å²) >= 11 is 0. The molecule has 0 unspecified atom stereocenters. The topological polar surface area (TPSA) is 71.7 Å². The molecule has 0 bridgehead atoms. The summed E-state index contributed by atoms with van der Waals surface area (Å²) in [6.07, 6.45) is 6.80. The molecule has 2 heterocycles. The second-order valence-electron chi connectivity index (χ2n) is 8.14. The Balaban J connectivity index is 1.67. The molecule has 3 aromatic rings. The van der Waals surface area contributed by atoms with Crippen LogP contribution in [0.2, 0.25) is 0 Å². The lowest BCUT2D eigenvalue weighted by Crippen LogP contribution is -2.29. The highest BCUT2D eigenvalue weighted by Crippen LogP contribution is 2.36. The number of hydrogen-bond acceptors (Lipinski definition) is 6. The van der Waals surface area contributed by atoms with E-state index in [1.807, 2.05) is 12.1 Å². The van der Waals surface area contributed by atoms with Gasteiger partial charge in [0.1, 0.15) is 5.69 Å². The number of methoxy groups -OCH3 is 1. The molecule has 0 spiro atoms. The first-order chi connectivity index (χ1) is 16.6. The largest absolute Gasteiger partial charge is 0.493 e. The molecule has 2 aromatic carbocycles. The van der Waals surface area contributed by atoms with E-state index in [0.717, 1.165) is 24.3 Å². The first-order valence-electron chi connectivity index (χ1n) is 11.3. The van der Waals surface area contributed by atoms with Gasteiger partial charge in [0, 0.05) is 36.4 Å². The Morgan fingerprint density at radius 1 is 1.24 bits per heavy atom. The van der Waals surface area contributed by atoms with Crippen molar-refractivity contribution in [3.63, 3.8) is 0 Å². The van der Waals surface area contributed by atoms with Gasteiger partial charge >= 0.3 is 0 Å². The predicted octanol–water partition coefficient (Wildman–Crippen LogP) is 5.73. The smallest absolute Gasteiger partial charge is 0.227 e. The summed E-state index contributed by atoms with van der Waals surface area (Å²) in [4.78, 5) is 27.0. The van der Waals surface area contributed by atoms with Crippen LogP contribution in [-0.4, -0.2) is 36.0 Å². The van der Waals surface area contributed by atoms with E-state index in [-0.39, 0.29) is 12.2 Å². The predicted molar refractivity (Wildman–Crippen MR) is 135 cm³/mol. The van der Waals surface area contributed by atoms with Gasteiger partial charge < -0.3 is 15.0 Å². The van der Waals surface area contributed by atoms with Gasteiger partial charge in [-0.2, -0.15) is 0 Å². The van der Waals surface area contributed by atoms with Crippen molar-refractivity contribution in [2.45, 2.75) is 25.7 Å². The van der Waals surface area contributed by atoms with Crippen molar-refractivity contribution >= 4 is 28.8 Å². The summed E-state index contributed by atoms with van der Waals surface area (Å²) in [5.74, 6) is 0.756. The number of aromatic nitrogens is 2. The molecule has 172 valence electrons. The second kappa shape index (κ2) is 10.6. The van der Waals surface area contributed by atoms with E-state index < -0.39 is 0 Å². The summed E-state index contributed by atoms with van der Waals surface area (Å²) in [5.41, 5.74) is 4.34. The van der Waals surface area contributed by atoms with Crippen molar-refractivity contribution in [3.8, 4) is 17.0 Å². The van der Waals surface area contributed by atoms with Gasteiger partial charge in [0.2, 0.25) is 5.95 Å². The zero-order valence-electron chi connectivity index (χ0n) is 19.3. The molecule has 1 aromatic heterocycles. The van der Waals surface area contributed by atoms with Crippen molar-refractivity contribution < 1.29 is 9.53 Å². The van der Waals surface area contributed by atoms with E-state index in [9.17, 15) is 4.79 Å². The third kappa shape index (κ3) is 5.24. The minimum absolute atomic E-state index is 0.0906. The number of ketones is 1. The second-order valence-corrected chi connectivity index (χ2v) is 8.14. The van der Waals surface area contributed by atoms with Gasteiger partial charge in [-0.3, -0.25) is 4.79 Å². The van der Waals surface area contributed by atoms with Gasteiger partial charge in [-0.05, 0) is 49.1 Å². The maximum Gasteiger partial charge on any atom is 0.227 e. The molecular formula is C27H27N5O2. The van der Waals surface area contributed by atoms with Gasteiger partial charge in [-0.1, -0.05) is 30.8 Å². The lowest BCUT2D eigenvalue weighted by atomic mass is 10.0. The number of nitrogens with one attached hydrogen (secondary N) is 1. The molecule has 34 heavy (non-hydrogen) atoms. The van der Waals surface area contributed by atoms with Crippen molar-refractivity contribution in [2.75, 3.05) is 30.4 Å². The molecule has 0 atom stereocenters. The highest BCUT2D eigenvalue weighted by Gasteiger charge is 2.17. The Hall–Kier alpha value is -4.18. The van der Waals surface area contributed by atoms with Crippen LogP contribution in [0.3, 0.4) is 0 Å². The average molecular weight is 454 g/mol. The molecule has 1 N–H and O–H groups in total. The summed E-state index contributed by atoms with van der Waals surface area (Å²) in [7, 11) is 1.54. The van der Waals surface area contributed by atoms with E-state index in [2.05, 4.69) is 38.8 Å². The minimum Gasteiger partial charge on any atom is -0.493 e. The van der Waals surface area contributed by atoms with Crippen LogP contribution in [0.4, 0.5) is 23.0 Å². The Bertz CT molecular complexity index is 1240. The molecule has 0 radical (unpaired) electrons. The van der Waals surface area contributed by atoms with Crippen molar-refractivity contribution in [2.24, 2.45) is 0 Å². The molecule has 7 nitrogen and oxygen atoms in total. The van der Waals surface area contributed by atoms with Crippen molar-refractivity contribution in [1.29, 1.82) is 0 Å². The molecule has 1 aliphatic rings. The normalized spacial score (nSPS) is 13.1. The fraction of sp³-hybridized carbons (Fsp3) is 0.259. The minimum atomic E-state index is -0.0906.